The molecule has 1 fully saturated rings. The number of benzene rings is 2. The lowest BCUT2D eigenvalue weighted by Crippen LogP contribution is -2.40. The van der Waals surface area contributed by atoms with Crippen LogP contribution in [0.25, 0.3) is 0 Å². The Balaban J connectivity index is 1.61. The molecule has 2 aromatic carbocycles. The summed E-state index contributed by atoms with van der Waals surface area (Å²) in [7, 11) is -3.67. The van der Waals surface area contributed by atoms with Crippen molar-refractivity contribution in [1.29, 1.82) is 0 Å². The number of halogens is 2. The highest BCUT2D eigenvalue weighted by Crippen LogP contribution is 2.43. The highest BCUT2D eigenvalue weighted by atomic mass is 32.2. The van der Waals surface area contributed by atoms with Crippen LogP contribution in [0.3, 0.4) is 0 Å². The van der Waals surface area contributed by atoms with E-state index in [1.165, 1.54) is 27.4 Å². The molecule has 170 valence electrons. The molecule has 0 bridgehead atoms. The predicted molar refractivity (Wildman–Crippen MR) is 115 cm³/mol. The molecule has 0 unspecified atom stereocenters. The smallest absolute Gasteiger partial charge is 0.244 e. The van der Waals surface area contributed by atoms with Crippen LogP contribution < -0.4 is 10.2 Å². The quantitative estimate of drug-likeness (QED) is 0.739. The molecule has 2 aliphatic rings. The number of sulfonamides is 1. The van der Waals surface area contributed by atoms with Gasteiger partial charge in [0.1, 0.15) is 18.2 Å². The van der Waals surface area contributed by atoms with Crippen LogP contribution in [0.1, 0.15) is 32.3 Å². The standard InChI is InChI=1S/C22H23F2N3O4S/c1-22(2)16-12-15(32(30,31)26-9-3-4-10-26)6-8-19(16)27(21(22)29)13-20(28)25-18-7-5-14(23)11-17(18)24/h5-8,11-12H,3-4,9-10,13H2,1-2H3,(H,25,28). The Morgan fingerprint density at radius 3 is 2.44 bits per heavy atom. The third-order valence-electron chi connectivity index (χ3n) is 5.92. The van der Waals surface area contributed by atoms with Crippen LogP contribution in [-0.4, -0.2) is 44.2 Å². The number of hydrogen-bond acceptors (Lipinski definition) is 4. The van der Waals surface area contributed by atoms with Crippen molar-refractivity contribution in [1.82, 2.24) is 4.31 Å². The van der Waals surface area contributed by atoms with Crippen LogP contribution in [0, 0.1) is 11.6 Å². The molecule has 2 aliphatic heterocycles. The molecule has 0 spiro atoms. The fourth-order valence-corrected chi connectivity index (χ4v) is 5.68. The van der Waals surface area contributed by atoms with Crippen molar-refractivity contribution in [2.75, 3.05) is 29.9 Å². The number of fused-ring (bicyclic) bond motifs is 1. The van der Waals surface area contributed by atoms with E-state index in [0.717, 1.165) is 25.0 Å². The van der Waals surface area contributed by atoms with Gasteiger partial charge in [0.05, 0.1) is 16.0 Å². The van der Waals surface area contributed by atoms with E-state index in [1.54, 1.807) is 13.8 Å². The van der Waals surface area contributed by atoms with Crippen molar-refractivity contribution in [2.45, 2.75) is 37.0 Å². The number of nitrogens with zero attached hydrogens (tertiary/aromatic N) is 2. The Kier molecular flexibility index (Phi) is 5.54. The number of rotatable bonds is 5. The lowest BCUT2D eigenvalue weighted by Gasteiger charge is -2.20. The fourth-order valence-electron chi connectivity index (χ4n) is 4.13. The van der Waals surface area contributed by atoms with E-state index in [2.05, 4.69) is 5.32 Å². The van der Waals surface area contributed by atoms with Crippen molar-refractivity contribution in [3.63, 3.8) is 0 Å². The van der Waals surface area contributed by atoms with E-state index in [-0.39, 0.29) is 16.5 Å². The molecule has 32 heavy (non-hydrogen) atoms. The Morgan fingerprint density at radius 2 is 1.78 bits per heavy atom. The van der Waals surface area contributed by atoms with Gasteiger partial charge in [0.2, 0.25) is 21.8 Å². The second-order valence-electron chi connectivity index (χ2n) is 8.48. The largest absolute Gasteiger partial charge is 0.322 e. The Hall–Kier alpha value is -2.85. The monoisotopic (exact) mass is 463 g/mol. The molecule has 0 saturated carbocycles. The summed E-state index contributed by atoms with van der Waals surface area (Å²) in [5.41, 5.74) is -0.319. The summed E-state index contributed by atoms with van der Waals surface area (Å²) in [4.78, 5) is 26.9. The topological polar surface area (TPSA) is 86.8 Å². The van der Waals surface area contributed by atoms with Crippen molar-refractivity contribution >= 4 is 33.2 Å². The lowest BCUT2D eigenvalue weighted by molar-refractivity contribution is -0.124. The van der Waals surface area contributed by atoms with Crippen LogP contribution in [0.15, 0.2) is 41.3 Å². The number of amides is 2. The summed E-state index contributed by atoms with van der Waals surface area (Å²) in [6.45, 7) is 3.86. The fraction of sp³-hybridized carbons (Fsp3) is 0.364. The Bertz CT molecular complexity index is 1210. The first-order valence-electron chi connectivity index (χ1n) is 10.2. The summed E-state index contributed by atoms with van der Waals surface area (Å²) >= 11 is 0. The first kappa shape index (κ1) is 22.3. The molecule has 2 heterocycles. The van der Waals surface area contributed by atoms with Gasteiger partial charge < -0.3 is 10.2 Å². The molecule has 0 atom stereocenters. The van der Waals surface area contributed by atoms with Gasteiger partial charge in [-0.25, -0.2) is 17.2 Å². The number of nitrogens with one attached hydrogen (secondary N) is 1. The first-order chi connectivity index (χ1) is 15.0. The number of carbonyl (C=O) groups excluding carboxylic acids is 2. The van der Waals surface area contributed by atoms with Gasteiger partial charge >= 0.3 is 0 Å². The van der Waals surface area contributed by atoms with Crippen LogP contribution in [0.5, 0.6) is 0 Å². The third-order valence-corrected chi connectivity index (χ3v) is 7.82. The molecular formula is C22H23F2N3O4S. The van der Waals surface area contributed by atoms with Gasteiger partial charge in [0.15, 0.2) is 0 Å². The van der Waals surface area contributed by atoms with Crippen molar-refractivity contribution in [3.05, 3.63) is 53.6 Å². The second-order valence-corrected chi connectivity index (χ2v) is 10.4. The summed E-state index contributed by atoms with van der Waals surface area (Å²) in [5.74, 6) is -2.74. The van der Waals surface area contributed by atoms with E-state index in [4.69, 9.17) is 0 Å². The molecule has 0 aliphatic carbocycles. The maximum Gasteiger partial charge on any atom is 0.244 e. The van der Waals surface area contributed by atoms with Crippen LogP contribution in [-0.2, 0) is 25.0 Å². The summed E-state index contributed by atoms with van der Waals surface area (Å²) < 4.78 is 54.3. The summed E-state index contributed by atoms with van der Waals surface area (Å²) in [5, 5.41) is 2.34. The van der Waals surface area contributed by atoms with Crippen LogP contribution in [0.4, 0.5) is 20.2 Å². The first-order valence-corrected chi connectivity index (χ1v) is 11.7. The van der Waals surface area contributed by atoms with E-state index in [0.29, 0.717) is 30.4 Å². The third kappa shape index (κ3) is 3.77. The van der Waals surface area contributed by atoms with Gasteiger partial charge in [-0.3, -0.25) is 9.59 Å². The molecule has 2 aromatic rings. The van der Waals surface area contributed by atoms with Crippen LogP contribution in [0.2, 0.25) is 0 Å². The van der Waals surface area contributed by atoms with Crippen molar-refractivity contribution in [3.8, 4) is 0 Å². The zero-order valence-electron chi connectivity index (χ0n) is 17.7. The van der Waals surface area contributed by atoms with Gasteiger partial charge in [-0.2, -0.15) is 4.31 Å². The summed E-state index contributed by atoms with van der Waals surface area (Å²) in [6.07, 6.45) is 1.62. The van der Waals surface area contributed by atoms with Crippen molar-refractivity contribution in [2.24, 2.45) is 0 Å². The van der Waals surface area contributed by atoms with Gasteiger partial charge in [0, 0.05) is 24.8 Å². The predicted octanol–water partition coefficient (Wildman–Crippen LogP) is 3.01. The maximum atomic E-state index is 13.9. The van der Waals surface area contributed by atoms with Crippen LogP contribution >= 0.6 is 0 Å². The number of anilines is 2. The minimum absolute atomic E-state index is 0.110. The molecule has 10 heteroatoms. The molecular weight excluding hydrogens is 440 g/mol. The molecule has 0 aromatic heterocycles. The lowest BCUT2D eigenvalue weighted by atomic mass is 9.86. The highest BCUT2D eigenvalue weighted by molar-refractivity contribution is 7.89. The zero-order valence-corrected chi connectivity index (χ0v) is 18.5. The second kappa shape index (κ2) is 7.93. The molecule has 1 N–H and O–H groups in total. The Morgan fingerprint density at radius 1 is 1.09 bits per heavy atom. The van der Waals surface area contributed by atoms with Gasteiger partial charge in [0.25, 0.3) is 0 Å². The molecule has 0 radical (unpaired) electrons. The molecule has 2 amide bonds. The van der Waals surface area contributed by atoms with E-state index >= 15 is 0 Å². The zero-order chi connectivity index (χ0) is 23.3. The average Bonchev–Trinajstić information content (AvgIpc) is 3.34. The van der Waals surface area contributed by atoms with E-state index in [9.17, 15) is 26.8 Å². The van der Waals surface area contributed by atoms with Gasteiger partial charge in [-0.05, 0) is 62.6 Å². The normalized spacial score (nSPS) is 18.1. The minimum Gasteiger partial charge on any atom is -0.322 e. The summed E-state index contributed by atoms with van der Waals surface area (Å²) in [6, 6.07) is 7.22. The Labute approximate surface area is 185 Å². The van der Waals surface area contributed by atoms with Crippen molar-refractivity contribution < 1.29 is 26.8 Å². The minimum atomic E-state index is -3.67. The van der Waals surface area contributed by atoms with Gasteiger partial charge in [-0.1, -0.05) is 0 Å². The number of hydrogen-bond donors (Lipinski definition) is 1. The van der Waals surface area contributed by atoms with Gasteiger partial charge in [-0.15, -0.1) is 0 Å². The highest BCUT2D eigenvalue weighted by Gasteiger charge is 2.45. The average molecular weight is 464 g/mol. The number of carbonyl (C=O) groups is 2. The van der Waals surface area contributed by atoms with E-state index < -0.39 is 39.5 Å². The molecule has 4 rings (SSSR count). The maximum absolute atomic E-state index is 13.9. The van der Waals surface area contributed by atoms with E-state index in [1.807, 2.05) is 0 Å². The molecule has 7 nitrogen and oxygen atoms in total. The molecule has 1 saturated heterocycles. The SMILES string of the molecule is CC1(C)C(=O)N(CC(=O)Nc2ccc(F)cc2F)c2ccc(S(=O)(=O)N3CCCC3)cc21.